The molecule has 1 aromatic heterocycles. The summed E-state index contributed by atoms with van der Waals surface area (Å²) < 4.78 is 0. The second-order valence-corrected chi connectivity index (χ2v) is 4.54. The number of aliphatic hydroxyl groups is 1. The molecule has 1 fully saturated rings. The number of amides is 1. The van der Waals surface area contributed by atoms with Gasteiger partial charge < -0.3 is 10.0 Å². The van der Waals surface area contributed by atoms with Crippen molar-refractivity contribution in [2.45, 2.75) is 6.42 Å². The van der Waals surface area contributed by atoms with E-state index < -0.39 is 0 Å². The molecular formula is C12H13N5O2. The van der Waals surface area contributed by atoms with E-state index in [1.165, 1.54) is 0 Å². The Morgan fingerprint density at radius 1 is 1.47 bits per heavy atom. The smallest absolute Gasteiger partial charge is 0.227 e. The van der Waals surface area contributed by atoms with Gasteiger partial charge in [-0.1, -0.05) is 12.1 Å². The van der Waals surface area contributed by atoms with Crippen LogP contribution in [0.25, 0.3) is 11.4 Å². The predicted octanol–water partition coefficient (Wildman–Crippen LogP) is 0.212. The van der Waals surface area contributed by atoms with Crippen LogP contribution in [0, 0.1) is 5.92 Å². The van der Waals surface area contributed by atoms with Gasteiger partial charge in [-0.25, -0.2) is 0 Å². The highest BCUT2D eigenvalue weighted by atomic mass is 16.3. The van der Waals surface area contributed by atoms with E-state index in [4.69, 9.17) is 5.11 Å². The van der Waals surface area contributed by atoms with Crippen molar-refractivity contribution >= 4 is 11.6 Å². The number of carbonyl (C=O) groups excluding carboxylic acids is 1. The largest absolute Gasteiger partial charge is 0.396 e. The first-order valence-corrected chi connectivity index (χ1v) is 6.03. The predicted molar refractivity (Wildman–Crippen MR) is 67.2 cm³/mol. The van der Waals surface area contributed by atoms with Crippen LogP contribution < -0.4 is 4.90 Å². The minimum atomic E-state index is 0.0151. The first-order chi connectivity index (χ1) is 9.28. The van der Waals surface area contributed by atoms with Gasteiger partial charge in [0.1, 0.15) is 0 Å². The molecule has 19 heavy (non-hydrogen) atoms. The molecule has 0 saturated carbocycles. The van der Waals surface area contributed by atoms with Crippen LogP contribution in [0.15, 0.2) is 24.3 Å². The van der Waals surface area contributed by atoms with Crippen LogP contribution in [-0.2, 0) is 4.79 Å². The van der Waals surface area contributed by atoms with E-state index in [-0.39, 0.29) is 18.4 Å². The summed E-state index contributed by atoms with van der Waals surface area (Å²) in [7, 11) is 0. The Labute approximate surface area is 109 Å². The van der Waals surface area contributed by atoms with Crippen LogP contribution in [0.2, 0.25) is 0 Å². The maximum Gasteiger partial charge on any atom is 0.227 e. The van der Waals surface area contributed by atoms with Crippen molar-refractivity contribution in [3.63, 3.8) is 0 Å². The molecule has 0 radical (unpaired) electrons. The Bertz CT molecular complexity index is 584. The van der Waals surface area contributed by atoms with Crippen LogP contribution in [0.1, 0.15) is 6.42 Å². The van der Waals surface area contributed by atoms with Gasteiger partial charge in [0.25, 0.3) is 0 Å². The summed E-state index contributed by atoms with van der Waals surface area (Å²) in [5.74, 6) is 0.540. The van der Waals surface area contributed by atoms with Gasteiger partial charge in [0, 0.05) is 36.7 Å². The topological polar surface area (TPSA) is 95.0 Å². The average Bonchev–Trinajstić information content (AvgIpc) is 3.08. The summed E-state index contributed by atoms with van der Waals surface area (Å²) in [6.45, 7) is 0.581. The number of H-pyrrole nitrogens is 1. The highest BCUT2D eigenvalue weighted by Gasteiger charge is 2.30. The molecule has 7 heteroatoms. The number of nitrogens with zero attached hydrogens (tertiary/aromatic N) is 4. The van der Waals surface area contributed by atoms with Gasteiger partial charge in [0.15, 0.2) is 0 Å². The minimum Gasteiger partial charge on any atom is -0.396 e. The van der Waals surface area contributed by atoms with Crippen LogP contribution in [0.3, 0.4) is 0 Å². The summed E-state index contributed by atoms with van der Waals surface area (Å²) in [6, 6.07) is 7.42. The Hall–Kier alpha value is -2.28. The van der Waals surface area contributed by atoms with E-state index in [1.54, 1.807) is 4.90 Å². The Balaban J connectivity index is 1.90. The number of aromatic nitrogens is 4. The van der Waals surface area contributed by atoms with Gasteiger partial charge >= 0.3 is 0 Å². The lowest BCUT2D eigenvalue weighted by molar-refractivity contribution is -0.117. The number of benzene rings is 1. The number of carbonyl (C=O) groups is 1. The molecule has 2 aromatic rings. The Morgan fingerprint density at radius 3 is 3.05 bits per heavy atom. The van der Waals surface area contributed by atoms with Gasteiger partial charge in [0.05, 0.1) is 0 Å². The lowest BCUT2D eigenvalue weighted by atomic mass is 10.1. The minimum absolute atomic E-state index is 0.0151. The van der Waals surface area contributed by atoms with Gasteiger partial charge in [-0.2, -0.15) is 5.21 Å². The van der Waals surface area contributed by atoms with E-state index in [0.29, 0.717) is 18.8 Å². The number of aromatic amines is 1. The van der Waals surface area contributed by atoms with Gasteiger partial charge in [0.2, 0.25) is 11.7 Å². The fourth-order valence-electron chi connectivity index (χ4n) is 2.25. The van der Waals surface area contributed by atoms with Crippen molar-refractivity contribution in [3.8, 4) is 11.4 Å². The van der Waals surface area contributed by atoms with Gasteiger partial charge in [-0.05, 0) is 17.3 Å². The number of aliphatic hydroxyl groups excluding tert-OH is 1. The van der Waals surface area contributed by atoms with Crippen LogP contribution in [-0.4, -0.2) is 44.8 Å². The van der Waals surface area contributed by atoms with Crippen LogP contribution in [0.4, 0.5) is 5.69 Å². The average molecular weight is 259 g/mol. The number of tetrazole rings is 1. The van der Waals surface area contributed by atoms with Crippen molar-refractivity contribution in [1.29, 1.82) is 0 Å². The third-order valence-electron chi connectivity index (χ3n) is 3.22. The number of anilines is 1. The zero-order chi connectivity index (χ0) is 13.2. The Morgan fingerprint density at radius 2 is 2.37 bits per heavy atom. The molecule has 0 spiro atoms. The molecule has 1 saturated heterocycles. The fraction of sp³-hybridized carbons (Fsp3) is 0.333. The van der Waals surface area contributed by atoms with Crippen molar-refractivity contribution in [2.24, 2.45) is 5.92 Å². The monoisotopic (exact) mass is 259 g/mol. The van der Waals surface area contributed by atoms with Crippen molar-refractivity contribution in [2.75, 3.05) is 18.1 Å². The SMILES string of the molecule is O=C1CC(CO)CN1c1cccc(-c2nn[nH]n2)c1. The normalized spacial score (nSPS) is 19.1. The molecule has 2 N–H and O–H groups in total. The summed E-state index contributed by atoms with van der Waals surface area (Å²) in [6.07, 6.45) is 0.392. The second kappa shape index (κ2) is 4.77. The molecule has 1 aliphatic rings. The molecule has 1 aliphatic heterocycles. The molecule has 2 heterocycles. The third-order valence-corrected chi connectivity index (χ3v) is 3.22. The fourth-order valence-corrected chi connectivity index (χ4v) is 2.25. The first-order valence-electron chi connectivity index (χ1n) is 6.03. The quantitative estimate of drug-likeness (QED) is 0.821. The molecule has 0 aliphatic carbocycles. The maximum absolute atomic E-state index is 11.9. The molecule has 0 bridgehead atoms. The summed E-state index contributed by atoms with van der Waals surface area (Å²) in [5.41, 5.74) is 1.59. The van der Waals surface area contributed by atoms with Gasteiger partial charge in [-0.15, -0.1) is 10.2 Å². The summed E-state index contributed by atoms with van der Waals surface area (Å²) in [5, 5.41) is 22.9. The van der Waals surface area contributed by atoms with E-state index in [1.807, 2.05) is 24.3 Å². The molecular weight excluding hydrogens is 246 g/mol. The summed E-state index contributed by atoms with van der Waals surface area (Å²) >= 11 is 0. The third kappa shape index (κ3) is 2.19. The molecule has 1 amide bonds. The Kier molecular flexibility index (Phi) is 2.96. The first kappa shape index (κ1) is 11.8. The molecule has 1 aromatic carbocycles. The van der Waals surface area contributed by atoms with Crippen molar-refractivity contribution in [1.82, 2.24) is 20.6 Å². The summed E-state index contributed by atoms with van der Waals surface area (Å²) in [4.78, 5) is 13.6. The van der Waals surface area contributed by atoms with Crippen molar-refractivity contribution in [3.05, 3.63) is 24.3 Å². The van der Waals surface area contributed by atoms with E-state index in [9.17, 15) is 4.79 Å². The van der Waals surface area contributed by atoms with Crippen molar-refractivity contribution < 1.29 is 9.90 Å². The second-order valence-electron chi connectivity index (χ2n) is 4.54. The molecule has 1 unspecified atom stereocenters. The number of nitrogens with one attached hydrogen (secondary N) is 1. The van der Waals surface area contributed by atoms with Crippen LogP contribution >= 0.6 is 0 Å². The van der Waals surface area contributed by atoms with E-state index in [0.717, 1.165) is 11.3 Å². The number of rotatable bonds is 3. The standard InChI is InChI=1S/C12H13N5O2/c18-7-8-4-11(19)17(6-8)10-3-1-2-9(5-10)12-13-15-16-14-12/h1-3,5,8,18H,4,6-7H2,(H,13,14,15,16). The lowest BCUT2D eigenvalue weighted by Gasteiger charge is -2.16. The highest BCUT2D eigenvalue weighted by Crippen LogP contribution is 2.27. The zero-order valence-corrected chi connectivity index (χ0v) is 10.2. The molecule has 1 atom stereocenters. The number of hydrogen-bond donors (Lipinski definition) is 2. The lowest BCUT2D eigenvalue weighted by Crippen LogP contribution is -2.24. The van der Waals surface area contributed by atoms with Gasteiger partial charge in [-0.3, -0.25) is 4.79 Å². The molecule has 98 valence electrons. The highest BCUT2D eigenvalue weighted by molar-refractivity contribution is 5.96. The van der Waals surface area contributed by atoms with E-state index >= 15 is 0 Å². The zero-order valence-electron chi connectivity index (χ0n) is 10.2. The van der Waals surface area contributed by atoms with E-state index in [2.05, 4.69) is 20.6 Å². The molecule has 3 rings (SSSR count). The number of hydrogen-bond acceptors (Lipinski definition) is 5. The molecule has 7 nitrogen and oxygen atoms in total. The van der Waals surface area contributed by atoms with Crippen LogP contribution in [0.5, 0.6) is 0 Å². The maximum atomic E-state index is 11.9.